The van der Waals surface area contributed by atoms with Gasteiger partial charge in [-0.05, 0) is 24.3 Å². The number of hydrogen-bond acceptors (Lipinski definition) is 8. The Hall–Kier alpha value is -1.46. The predicted molar refractivity (Wildman–Crippen MR) is 103 cm³/mol. The fourth-order valence-corrected chi connectivity index (χ4v) is 4.83. The van der Waals surface area contributed by atoms with Crippen molar-refractivity contribution in [2.24, 2.45) is 0 Å². The highest BCUT2D eigenvalue weighted by molar-refractivity contribution is 7.99. The van der Waals surface area contributed by atoms with Crippen molar-refractivity contribution in [1.29, 1.82) is 0 Å². The number of thioether (sulfide) groups is 1. The van der Waals surface area contributed by atoms with Crippen molar-refractivity contribution < 1.29 is 28.9 Å². The van der Waals surface area contributed by atoms with Crippen molar-refractivity contribution in [3.05, 3.63) is 41.8 Å². The second kappa shape index (κ2) is 8.91. The van der Waals surface area contributed by atoms with Crippen molar-refractivity contribution in [1.82, 2.24) is 9.56 Å². The summed E-state index contributed by atoms with van der Waals surface area (Å²) in [5, 5.41) is 1.22. The first-order valence-electron chi connectivity index (χ1n) is 8.50. The number of hydrogen-bond donors (Lipinski definition) is 0. The molecular weight excluding hydrogens is 422 g/mol. The number of halogens is 1. The molecule has 10 heteroatoms. The standard InChI is InChI=1S/C18H20N3S2.ClHO4/c1-20(2)13-3-5-15-17(11-13)23-18-12-14(4-6-16(18)19-15)21-7-9-22-10-8-21;2-1(3,4)5/h3-6,11-12H,7-10H2,1-2H3;(H,2,3,4,5)/q+1;/p-1. The van der Waals surface area contributed by atoms with Crippen LogP contribution < -0.4 is 33.5 Å². The molecule has 0 radical (unpaired) electrons. The van der Waals surface area contributed by atoms with E-state index >= 15 is 0 Å². The second-order valence-electron chi connectivity index (χ2n) is 6.39. The Bertz CT molecular complexity index is 990. The summed E-state index contributed by atoms with van der Waals surface area (Å²) in [6.45, 7) is 2.29. The predicted octanol–water partition coefficient (Wildman–Crippen LogP) is -1.77. The summed E-state index contributed by atoms with van der Waals surface area (Å²) >= 11 is 3.89. The largest absolute Gasteiger partial charge is 0.370 e. The van der Waals surface area contributed by atoms with E-state index in [0.29, 0.717) is 0 Å². The average Bonchev–Trinajstić information content (AvgIpc) is 2.64. The van der Waals surface area contributed by atoms with Crippen LogP contribution in [0.3, 0.4) is 0 Å². The Balaban J connectivity index is 0.000000403. The van der Waals surface area contributed by atoms with Crippen molar-refractivity contribution in [2.75, 3.05) is 43.6 Å². The molecule has 1 aromatic rings. The van der Waals surface area contributed by atoms with Crippen molar-refractivity contribution >= 4 is 39.0 Å². The van der Waals surface area contributed by atoms with Crippen LogP contribution in [-0.4, -0.2) is 43.7 Å². The number of nitrogens with zero attached hydrogens (tertiary/aromatic N) is 3. The zero-order chi connectivity index (χ0) is 20.3. The highest BCUT2D eigenvalue weighted by atomic mass is 35.7. The zero-order valence-electron chi connectivity index (χ0n) is 15.5. The average molecular weight is 442 g/mol. The Morgan fingerprint density at radius 3 is 2.32 bits per heavy atom. The third-order valence-corrected chi connectivity index (χ3v) is 6.28. The Morgan fingerprint density at radius 1 is 1.00 bits per heavy atom. The first-order valence-corrected chi connectivity index (χ1v) is 11.7. The molecular formula is C18H20ClN3O4S2. The number of fused-ring (bicyclic) bond motifs is 2. The van der Waals surface area contributed by atoms with E-state index < -0.39 is 10.2 Å². The third-order valence-electron chi connectivity index (χ3n) is 4.24. The van der Waals surface area contributed by atoms with E-state index in [2.05, 4.69) is 60.0 Å². The molecule has 0 N–H and O–H groups in total. The van der Waals surface area contributed by atoms with Crippen LogP contribution in [0.15, 0.2) is 36.4 Å². The molecule has 0 amide bonds. The van der Waals surface area contributed by atoms with Gasteiger partial charge in [-0.1, -0.05) is 0 Å². The smallest absolute Gasteiger partial charge is 0.201 e. The highest BCUT2D eigenvalue weighted by Crippen LogP contribution is 2.32. The van der Waals surface area contributed by atoms with Crippen molar-refractivity contribution in [2.45, 2.75) is 0 Å². The number of rotatable bonds is 1. The van der Waals surface area contributed by atoms with Crippen LogP contribution in [0.5, 0.6) is 0 Å². The number of anilines is 1. The molecule has 2 aliphatic heterocycles. The van der Waals surface area contributed by atoms with E-state index in [1.165, 1.54) is 32.1 Å². The van der Waals surface area contributed by atoms with Gasteiger partial charge in [0.25, 0.3) is 0 Å². The molecule has 3 aliphatic rings. The van der Waals surface area contributed by atoms with Gasteiger partial charge in [0.2, 0.25) is 5.36 Å². The summed E-state index contributed by atoms with van der Waals surface area (Å²) in [5.41, 5.74) is 3.50. The van der Waals surface area contributed by atoms with Gasteiger partial charge < -0.3 is 4.90 Å². The molecule has 1 fully saturated rings. The van der Waals surface area contributed by atoms with Crippen molar-refractivity contribution in [3.8, 4) is 10.6 Å². The van der Waals surface area contributed by atoms with Gasteiger partial charge in [0.1, 0.15) is 14.1 Å². The van der Waals surface area contributed by atoms with Crippen LogP contribution in [0.1, 0.15) is 0 Å². The lowest BCUT2D eigenvalue weighted by Gasteiger charge is -2.28. The maximum absolute atomic E-state index is 8.49. The molecule has 4 rings (SSSR count). The van der Waals surface area contributed by atoms with Crippen molar-refractivity contribution in [3.63, 3.8) is 0 Å². The summed E-state index contributed by atoms with van der Waals surface area (Å²) < 4.78 is 37.4. The fourth-order valence-electron chi connectivity index (χ4n) is 2.90. The minimum Gasteiger partial charge on any atom is -0.370 e. The number of benzene rings is 2. The number of aromatic nitrogens is 1. The van der Waals surface area contributed by atoms with Gasteiger partial charge >= 0.3 is 0 Å². The van der Waals surface area contributed by atoms with Crippen LogP contribution in [0.25, 0.3) is 20.8 Å². The zero-order valence-corrected chi connectivity index (χ0v) is 17.9. The molecule has 0 saturated carbocycles. The lowest BCUT2D eigenvalue weighted by molar-refractivity contribution is -2.00. The summed E-state index contributed by atoms with van der Waals surface area (Å²) in [4.78, 5) is 8.57. The van der Waals surface area contributed by atoms with E-state index in [-0.39, 0.29) is 0 Å². The fraction of sp³-hybridized carbons (Fsp3) is 0.333. The molecule has 2 heterocycles. The van der Waals surface area contributed by atoms with Crippen LogP contribution >= 0.6 is 23.1 Å². The molecule has 0 aromatic heterocycles. The first-order chi connectivity index (χ1) is 13.2. The maximum Gasteiger partial charge on any atom is 0.201 e. The van der Waals surface area contributed by atoms with Gasteiger partial charge in [-0.3, -0.25) is 0 Å². The summed E-state index contributed by atoms with van der Waals surface area (Å²) in [6.07, 6.45) is 0. The second-order valence-corrected chi connectivity index (χ2v) is 9.45. The Labute approximate surface area is 173 Å². The molecule has 1 saturated heterocycles. The van der Waals surface area contributed by atoms with Gasteiger partial charge in [-0.2, -0.15) is 11.8 Å². The van der Waals surface area contributed by atoms with Gasteiger partial charge in [-0.15, -0.1) is 21.6 Å². The van der Waals surface area contributed by atoms with Gasteiger partial charge in [-0.25, -0.2) is 28.2 Å². The van der Waals surface area contributed by atoms with E-state index in [4.69, 9.17) is 23.6 Å². The Morgan fingerprint density at radius 2 is 1.68 bits per heavy atom. The normalized spacial score (nSPS) is 14.7. The van der Waals surface area contributed by atoms with E-state index in [1.54, 1.807) is 0 Å². The van der Waals surface area contributed by atoms with Crippen LogP contribution in [-0.2, 0) is 0 Å². The molecule has 1 aliphatic carbocycles. The quantitative estimate of drug-likeness (QED) is 0.324. The molecule has 0 bridgehead atoms. The molecule has 0 unspecified atom stereocenters. The highest BCUT2D eigenvalue weighted by Gasteiger charge is 2.13. The van der Waals surface area contributed by atoms with Crippen LogP contribution in [0.2, 0.25) is 0 Å². The van der Waals surface area contributed by atoms with E-state index in [1.807, 2.05) is 23.1 Å². The molecule has 7 nitrogen and oxygen atoms in total. The SMILES string of the molecule is C[N+](C)=c1ccc2nc3ccc(N4CCSCC4)cc3sc-2c1.[O-][Cl+3]([O-])([O-])[O-]. The topological polar surface area (TPSA) is 111 Å². The van der Waals surface area contributed by atoms with Crippen LogP contribution in [0, 0.1) is 10.2 Å². The lowest BCUT2D eigenvalue weighted by atomic mass is 10.2. The van der Waals surface area contributed by atoms with E-state index in [9.17, 15) is 0 Å². The molecule has 0 atom stereocenters. The van der Waals surface area contributed by atoms with Gasteiger partial charge in [0.05, 0.1) is 20.8 Å². The summed E-state index contributed by atoms with van der Waals surface area (Å²) in [6, 6.07) is 13.2. The Kier molecular flexibility index (Phi) is 6.77. The van der Waals surface area contributed by atoms with Gasteiger partial charge in [0, 0.05) is 42.4 Å². The molecule has 150 valence electrons. The summed E-state index contributed by atoms with van der Waals surface area (Å²) in [5.74, 6) is 2.45. The van der Waals surface area contributed by atoms with Crippen LogP contribution in [0.4, 0.5) is 5.69 Å². The maximum atomic E-state index is 8.49. The minimum atomic E-state index is -4.94. The van der Waals surface area contributed by atoms with E-state index in [0.717, 1.165) is 24.3 Å². The monoisotopic (exact) mass is 441 g/mol. The molecule has 28 heavy (non-hydrogen) atoms. The summed E-state index contributed by atoms with van der Waals surface area (Å²) in [7, 11) is -0.792. The minimum absolute atomic E-state index is 1.08. The molecule has 1 aromatic carbocycles. The first kappa shape index (κ1) is 21.3. The van der Waals surface area contributed by atoms with Gasteiger partial charge in [0.15, 0.2) is 0 Å². The third kappa shape index (κ3) is 5.77. The lowest BCUT2D eigenvalue weighted by Crippen LogP contribution is -2.68. The molecule has 0 spiro atoms.